The van der Waals surface area contributed by atoms with Gasteiger partial charge in [-0.05, 0) is 40.2 Å². The third kappa shape index (κ3) is 3.26. The van der Waals surface area contributed by atoms with Crippen molar-refractivity contribution in [1.29, 1.82) is 0 Å². The SMILES string of the molecule is O=[N+]([O-])c1ccc(Cl)cc1CNc1c(F)cccc1Br. The lowest BCUT2D eigenvalue weighted by Gasteiger charge is -2.10. The minimum absolute atomic E-state index is 0.0608. The number of halogens is 3. The first-order valence-electron chi connectivity index (χ1n) is 5.59. The van der Waals surface area contributed by atoms with E-state index < -0.39 is 10.7 Å². The first-order chi connectivity index (χ1) is 9.49. The van der Waals surface area contributed by atoms with Crippen molar-refractivity contribution in [3.05, 3.63) is 67.4 Å². The molecule has 20 heavy (non-hydrogen) atoms. The molecule has 0 radical (unpaired) electrons. The number of anilines is 1. The lowest BCUT2D eigenvalue weighted by Crippen LogP contribution is -2.05. The summed E-state index contributed by atoms with van der Waals surface area (Å²) in [5.41, 5.74) is 0.578. The summed E-state index contributed by atoms with van der Waals surface area (Å²) in [6, 6.07) is 8.81. The fraction of sp³-hybridized carbons (Fsp3) is 0.0769. The molecular weight excluding hydrogens is 351 g/mol. The van der Waals surface area contributed by atoms with Crippen LogP contribution in [0.1, 0.15) is 5.56 Å². The normalized spacial score (nSPS) is 10.3. The van der Waals surface area contributed by atoms with Crippen LogP contribution in [0.3, 0.4) is 0 Å². The molecule has 0 aliphatic heterocycles. The molecule has 0 atom stereocenters. The Bertz CT molecular complexity index is 647. The molecule has 0 saturated heterocycles. The Labute approximate surface area is 127 Å². The molecule has 2 aromatic rings. The summed E-state index contributed by atoms with van der Waals surface area (Å²) in [5, 5.41) is 14.2. The number of nitro groups is 1. The van der Waals surface area contributed by atoms with Gasteiger partial charge in [0.25, 0.3) is 5.69 Å². The van der Waals surface area contributed by atoms with E-state index in [1.165, 1.54) is 24.3 Å². The molecule has 0 bridgehead atoms. The zero-order valence-electron chi connectivity index (χ0n) is 10.1. The van der Waals surface area contributed by atoms with Gasteiger partial charge in [0.15, 0.2) is 0 Å². The predicted octanol–water partition coefficient (Wildman–Crippen LogP) is 4.76. The number of para-hydroxylation sites is 1. The van der Waals surface area contributed by atoms with Crippen LogP contribution in [-0.2, 0) is 6.54 Å². The van der Waals surface area contributed by atoms with Crippen LogP contribution in [0.25, 0.3) is 0 Å². The summed E-state index contributed by atoms with van der Waals surface area (Å²) in [6.45, 7) is 0.0937. The largest absolute Gasteiger partial charge is 0.377 e. The van der Waals surface area contributed by atoms with E-state index in [0.29, 0.717) is 15.1 Å². The first-order valence-corrected chi connectivity index (χ1v) is 6.77. The molecule has 0 aliphatic rings. The Morgan fingerprint density at radius 2 is 2.10 bits per heavy atom. The van der Waals surface area contributed by atoms with Gasteiger partial charge in [-0.1, -0.05) is 17.7 Å². The summed E-state index contributed by atoms with van der Waals surface area (Å²) in [4.78, 5) is 10.4. The fourth-order valence-electron chi connectivity index (χ4n) is 1.72. The lowest BCUT2D eigenvalue weighted by atomic mass is 10.1. The highest BCUT2D eigenvalue weighted by Crippen LogP contribution is 2.28. The second-order valence-corrected chi connectivity index (χ2v) is 5.27. The smallest absolute Gasteiger partial charge is 0.274 e. The Kier molecular flexibility index (Phi) is 4.57. The average molecular weight is 360 g/mol. The Morgan fingerprint density at radius 1 is 1.35 bits per heavy atom. The van der Waals surface area contributed by atoms with Crippen molar-refractivity contribution in [2.75, 3.05) is 5.32 Å². The summed E-state index contributed by atoms with van der Waals surface area (Å²) in [6.07, 6.45) is 0. The molecule has 2 aromatic carbocycles. The van der Waals surface area contributed by atoms with Gasteiger partial charge in [0.2, 0.25) is 0 Å². The number of nitrogens with zero attached hydrogens (tertiary/aromatic N) is 1. The number of nitro benzene ring substituents is 1. The Hall–Kier alpha value is -1.66. The van der Waals surface area contributed by atoms with Gasteiger partial charge in [0.1, 0.15) is 5.82 Å². The van der Waals surface area contributed by atoms with E-state index in [1.54, 1.807) is 12.1 Å². The van der Waals surface area contributed by atoms with Gasteiger partial charge in [-0.15, -0.1) is 0 Å². The predicted molar refractivity (Wildman–Crippen MR) is 79.5 cm³/mol. The number of hydrogen-bond acceptors (Lipinski definition) is 3. The fourth-order valence-corrected chi connectivity index (χ4v) is 2.40. The molecule has 7 heteroatoms. The van der Waals surface area contributed by atoms with Gasteiger partial charge in [0, 0.05) is 22.1 Å². The maximum absolute atomic E-state index is 13.6. The van der Waals surface area contributed by atoms with Crippen LogP contribution in [-0.4, -0.2) is 4.92 Å². The van der Waals surface area contributed by atoms with Crippen LogP contribution in [0.15, 0.2) is 40.9 Å². The molecule has 0 aromatic heterocycles. The molecule has 104 valence electrons. The molecule has 0 spiro atoms. The monoisotopic (exact) mass is 358 g/mol. The number of benzene rings is 2. The molecule has 1 N–H and O–H groups in total. The molecule has 2 rings (SSSR count). The quantitative estimate of drug-likeness (QED) is 0.632. The Balaban J connectivity index is 2.27. The van der Waals surface area contributed by atoms with Gasteiger partial charge in [-0.25, -0.2) is 4.39 Å². The summed E-state index contributed by atoms with van der Waals surface area (Å²) in [7, 11) is 0. The highest BCUT2D eigenvalue weighted by Gasteiger charge is 2.15. The topological polar surface area (TPSA) is 55.2 Å². The molecule has 0 aliphatic carbocycles. The first kappa shape index (κ1) is 14.7. The van der Waals surface area contributed by atoms with E-state index in [0.717, 1.165) is 0 Å². The van der Waals surface area contributed by atoms with Gasteiger partial charge >= 0.3 is 0 Å². The summed E-state index contributed by atoms with van der Waals surface area (Å²) < 4.78 is 14.2. The zero-order chi connectivity index (χ0) is 14.7. The van der Waals surface area contributed by atoms with E-state index in [2.05, 4.69) is 21.2 Å². The number of hydrogen-bond donors (Lipinski definition) is 1. The second kappa shape index (κ2) is 6.19. The van der Waals surface area contributed by atoms with Crippen molar-refractivity contribution >= 4 is 38.9 Å². The molecule has 0 amide bonds. The number of rotatable bonds is 4. The average Bonchev–Trinajstić information content (AvgIpc) is 2.37. The van der Waals surface area contributed by atoms with Gasteiger partial charge in [-0.3, -0.25) is 10.1 Å². The molecular formula is C13H9BrClFN2O2. The van der Waals surface area contributed by atoms with Crippen molar-refractivity contribution < 1.29 is 9.31 Å². The molecule has 0 unspecified atom stereocenters. The standard InChI is InChI=1S/C13H9BrClFN2O2/c14-10-2-1-3-11(16)13(10)17-7-8-6-9(15)4-5-12(8)18(19)20/h1-6,17H,7H2. The van der Waals surface area contributed by atoms with Crippen molar-refractivity contribution in [3.63, 3.8) is 0 Å². The van der Waals surface area contributed by atoms with Crippen LogP contribution in [0.2, 0.25) is 5.02 Å². The third-order valence-electron chi connectivity index (χ3n) is 2.66. The van der Waals surface area contributed by atoms with Crippen LogP contribution in [0.4, 0.5) is 15.8 Å². The van der Waals surface area contributed by atoms with Crippen molar-refractivity contribution in [2.24, 2.45) is 0 Å². The van der Waals surface area contributed by atoms with Gasteiger partial charge < -0.3 is 5.32 Å². The Morgan fingerprint density at radius 3 is 2.75 bits per heavy atom. The second-order valence-electron chi connectivity index (χ2n) is 3.98. The molecule has 0 heterocycles. The van der Waals surface area contributed by atoms with Crippen LogP contribution >= 0.6 is 27.5 Å². The van der Waals surface area contributed by atoms with Crippen LogP contribution < -0.4 is 5.32 Å². The molecule has 0 fully saturated rings. The minimum Gasteiger partial charge on any atom is -0.377 e. The maximum Gasteiger partial charge on any atom is 0.274 e. The maximum atomic E-state index is 13.6. The molecule has 0 saturated carbocycles. The minimum atomic E-state index is -0.496. The lowest BCUT2D eigenvalue weighted by molar-refractivity contribution is -0.385. The summed E-state index contributed by atoms with van der Waals surface area (Å²) >= 11 is 9.05. The molecule has 4 nitrogen and oxygen atoms in total. The van der Waals surface area contributed by atoms with Gasteiger partial charge in [0.05, 0.1) is 16.2 Å². The highest BCUT2D eigenvalue weighted by atomic mass is 79.9. The third-order valence-corrected chi connectivity index (χ3v) is 3.55. The summed E-state index contributed by atoms with van der Waals surface area (Å²) in [5.74, 6) is -0.441. The van der Waals surface area contributed by atoms with Crippen LogP contribution in [0.5, 0.6) is 0 Å². The van der Waals surface area contributed by atoms with Crippen molar-refractivity contribution in [1.82, 2.24) is 0 Å². The van der Waals surface area contributed by atoms with Gasteiger partial charge in [-0.2, -0.15) is 0 Å². The van der Waals surface area contributed by atoms with E-state index in [9.17, 15) is 14.5 Å². The van der Waals surface area contributed by atoms with E-state index in [-0.39, 0.29) is 17.9 Å². The number of nitrogens with one attached hydrogen (secondary N) is 1. The highest BCUT2D eigenvalue weighted by molar-refractivity contribution is 9.10. The van der Waals surface area contributed by atoms with E-state index >= 15 is 0 Å². The van der Waals surface area contributed by atoms with E-state index in [4.69, 9.17) is 11.6 Å². The zero-order valence-corrected chi connectivity index (χ0v) is 12.4. The van der Waals surface area contributed by atoms with Crippen molar-refractivity contribution in [2.45, 2.75) is 6.54 Å². The van der Waals surface area contributed by atoms with E-state index in [1.807, 2.05) is 0 Å². The van der Waals surface area contributed by atoms with Crippen LogP contribution in [0, 0.1) is 15.9 Å². The van der Waals surface area contributed by atoms with Crippen molar-refractivity contribution in [3.8, 4) is 0 Å².